The van der Waals surface area contributed by atoms with Gasteiger partial charge in [0.1, 0.15) is 5.75 Å². The number of para-hydroxylation sites is 1. The summed E-state index contributed by atoms with van der Waals surface area (Å²) < 4.78 is 5.53. The van der Waals surface area contributed by atoms with Gasteiger partial charge in [0.2, 0.25) is 5.91 Å². The van der Waals surface area contributed by atoms with E-state index in [0.29, 0.717) is 30.3 Å². The molecule has 0 unspecified atom stereocenters. The zero-order chi connectivity index (χ0) is 19.1. The van der Waals surface area contributed by atoms with E-state index in [2.05, 4.69) is 17.1 Å². The number of carbonyl (C=O) groups is 1. The number of allylic oxidation sites excluding steroid dienone is 2. The number of nitrogens with zero attached hydrogens (tertiary/aromatic N) is 2. The molecule has 3 aliphatic rings. The fourth-order valence-electron chi connectivity index (χ4n) is 5.45. The Labute approximate surface area is 166 Å². The van der Waals surface area contributed by atoms with E-state index in [9.17, 15) is 4.79 Å². The number of amides is 1. The highest BCUT2D eigenvalue weighted by atomic mass is 16.5. The second kappa shape index (κ2) is 6.77. The predicted octanol–water partition coefficient (Wildman–Crippen LogP) is 4.22. The fourth-order valence-corrected chi connectivity index (χ4v) is 5.45. The Balaban J connectivity index is 1.42. The van der Waals surface area contributed by atoms with E-state index in [0.717, 1.165) is 23.3 Å². The summed E-state index contributed by atoms with van der Waals surface area (Å²) in [5.74, 6) is 2.26. The lowest BCUT2D eigenvalue weighted by molar-refractivity contribution is -0.138. The van der Waals surface area contributed by atoms with E-state index >= 15 is 0 Å². The first-order chi connectivity index (χ1) is 13.7. The first-order valence-electron chi connectivity index (χ1n) is 10.2. The molecule has 2 bridgehead atoms. The van der Waals surface area contributed by atoms with Crippen LogP contribution in [0.3, 0.4) is 0 Å². The third kappa shape index (κ3) is 2.83. The maximum absolute atomic E-state index is 13.7. The molecule has 2 fully saturated rings. The highest BCUT2D eigenvalue weighted by Gasteiger charge is 2.64. The topological polar surface area (TPSA) is 42.4 Å². The van der Waals surface area contributed by atoms with Crippen molar-refractivity contribution in [3.63, 3.8) is 0 Å². The summed E-state index contributed by atoms with van der Waals surface area (Å²) in [7, 11) is 1.68. The van der Waals surface area contributed by atoms with Crippen molar-refractivity contribution in [2.45, 2.75) is 32.4 Å². The van der Waals surface area contributed by atoms with Crippen molar-refractivity contribution in [2.75, 3.05) is 7.11 Å². The van der Waals surface area contributed by atoms with Crippen LogP contribution in [-0.4, -0.2) is 22.9 Å². The van der Waals surface area contributed by atoms with Gasteiger partial charge in [0.15, 0.2) is 0 Å². The lowest BCUT2D eigenvalue weighted by Gasteiger charge is -2.29. The Morgan fingerprint density at radius 2 is 2.04 bits per heavy atom. The average molecular weight is 374 g/mol. The standard InChI is InChI=1S/C24H26N2O2/c1-28-22-7-3-2-6-18(22)16-26(15-17-5-4-12-25-14-17)23(27)20-13-19-8-9-21(20)24(19)10-11-24/h2-9,12,14,19-21H,10-11,13,15-16H2,1H3/t19-,20-,21-/m1/s1. The van der Waals surface area contributed by atoms with Gasteiger partial charge >= 0.3 is 0 Å². The molecule has 144 valence electrons. The number of hydrogen-bond acceptors (Lipinski definition) is 3. The normalized spacial score (nSPS) is 25.8. The van der Waals surface area contributed by atoms with Gasteiger partial charge in [0.05, 0.1) is 7.11 Å². The van der Waals surface area contributed by atoms with E-state index in [1.165, 1.54) is 12.8 Å². The van der Waals surface area contributed by atoms with Crippen LogP contribution >= 0.6 is 0 Å². The highest BCUT2D eigenvalue weighted by Crippen LogP contribution is 2.70. The molecule has 3 aliphatic carbocycles. The number of ether oxygens (including phenoxy) is 1. The SMILES string of the molecule is COc1ccccc1CN(Cc1cccnc1)C(=O)[C@@H]1C[C@H]2C=C[C@H]1C21CC1. The molecule has 4 nitrogen and oxygen atoms in total. The molecule has 28 heavy (non-hydrogen) atoms. The van der Waals surface area contributed by atoms with E-state index in [1.54, 1.807) is 13.3 Å². The predicted molar refractivity (Wildman–Crippen MR) is 107 cm³/mol. The average Bonchev–Trinajstić information content (AvgIpc) is 3.41. The van der Waals surface area contributed by atoms with Crippen LogP contribution in [0.1, 0.15) is 30.4 Å². The number of benzene rings is 1. The summed E-state index contributed by atoms with van der Waals surface area (Å²) in [4.78, 5) is 19.9. The first-order valence-corrected chi connectivity index (χ1v) is 10.2. The van der Waals surface area contributed by atoms with E-state index in [1.807, 2.05) is 47.5 Å². The molecule has 0 radical (unpaired) electrons. The molecule has 1 aromatic carbocycles. The van der Waals surface area contributed by atoms with Crippen LogP contribution in [0.2, 0.25) is 0 Å². The molecule has 4 heteroatoms. The molecule has 0 saturated heterocycles. The fraction of sp³-hybridized carbons (Fsp3) is 0.417. The quantitative estimate of drug-likeness (QED) is 0.711. The van der Waals surface area contributed by atoms with Crippen molar-refractivity contribution in [2.24, 2.45) is 23.2 Å². The second-order valence-electron chi connectivity index (χ2n) is 8.46. The van der Waals surface area contributed by atoms with Crippen LogP contribution in [-0.2, 0) is 17.9 Å². The number of methoxy groups -OCH3 is 1. The molecule has 0 N–H and O–H groups in total. The molecule has 1 heterocycles. The van der Waals surface area contributed by atoms with Gasteiger partial charge in [-0.15, -0.1) is 0 Å². The van der Waals surface area contributed by atoms with Crippen LogP contribution in [0, 0.1) is 23.2 Å². The third-order valence-corrected chi connectivity index (χ3v) is 7.00. The van der Waals surface area contributed by atoms with E-state index in [4.69, 9.17) is 4.74 Å². The molecule has 3 atom stereocenters. The lowest BCUT2D eigenvalue weighted by atomic mass is 9.88. The van der Waals surface area contributed by atoms with E-state index in [-0.39, 0.29) is 11.8 Å². The van der Waals surface area contributed by atoms with Crippen LogP contribution in [0.25, 0.3) is 0 Å². The lowest BCUT2D eigenvalue weighted by Crippen LogP contribution is -2.37. The molecule has 5 rings (SSSR count). The van der Waals surface area contributed by atoms with E-state index < -0.39 is 0 Å². The summed E-state index contributed by atoms with van der Waals surface area (Å²) in [6.45, 7) is 1.14. The van der Waals surface area contributed by atoms with Crippen LogP contribution in [0.15, 0.2) is 60.9 Å². The summed E-state index contributed by atoms with van der Waals surface area (Å²) in [5, 5.41) is 0. The number of aromatic nitrogens is 1. The summed E-state index contributed by atoms with van der Waals surface area (Å²) in [5.41, 5.74) is 2.53. The van der Waals surface area contributed by atoms with Gasteiger partial charge in [0.25, 0.3) is 0 Å². The molecule has 2 saturated carbocycles. The molecule has 1 spiro atoms. The highest BCUT2D eigenvalue weighted by molar-refractivity contribution is 5.81. The summed E-state index contributed by atoms with van der Waals surface area (Å²) >= 11 is 0. The van der Waals surface area contributed by atoms with Gasteiger partial charge < -0.3 is 9.64 Å². The number of carbonyl (C=O) groups excluding carboxylic acids is 1. The van der Waals surface area contributed by atoms with Gasteiger partial charge in [-0.3, -0.25) is 9.78 Å². The smallest absolute Gasteiger partial charge is 0.226 e. The molecular weight excluding hydrogens is 348 g/mol. The Bertz CT molecular complexity index is 904. The Morgan fingerprint density at radius 3 is 2.75 bits per heavy atom. The molecule has 0 aliphatic heterocycles. The van der Waals surface area contributed by atoms with Crippen molar-refractivity contribution >= 4 is 5.91 Å². The van der Waals surface area contributed by atoms with Crippen LogP contribution < -0.4 is 4.74 Å². The monoisotopic (exact) mass is 374 g/mol. The zero-order valence-electron chi connectivity index (χ0n) is 16.3. The zero-order valence-corrected chi connectivity index (χ0v) is 16.3. The van der Waals surface area contributed by atoms with Gasteiger partial charge in [-0.05, 0) is 54.2 Å². The second-order valence-corrected chi connectivity index (χ2v) is 8.46. The van der Waals surface area contributed by atoms with Crippen molar-refractivity contribution in [1.82, 2.24) is 9.88 Å². The van der Waals surface area contributed by atoms with Crippen molar-refractivity contribution in [3.05, 3.63) is 72.1 Å². The van der Waals surface area contributed by atoms with Crippen LogP contribution in [0.5, 0.6) is 5.75 Å². The molecular formula is C24H26N2O2. The number of pyridine rings is 1. The van der Waals surface area contributed by atoms with Gasteiger partial charge in [-0.2, -0.15) is 0 Å². The summed E-state index contributed by atoms with van der Waals surface area (Å²) in [6, 6.07) is 11.9. The largest absolute Gasteiger partial charge is 0.496 e. The minimum absolute atomic E-state index is 0.115. The minimum atomic E-state index is 0.115. The Kier molecular flexibility index (Phi) is 4.22. The number of hydrogen-bond donors (Lipinski definition) is 0. The Hall–Kier alpha value is -2.62. The van der Waals surface area contributed by atoms with Gasteiger partial charge in [0, 0.05) is 37.0 Å². The maximum Gasteiger partial charge on any atom is 0.226 e. The maximum atomic E-state index is 13.7. The minimum Gasteiger partial charge on any atom is -0.496 e. The molecule has 2 aromatic rings. The van der Waals surface area contributed by atoms with Gasteiger partial charge in [-0.1, -0.05) is 36.4 Å². The van der Waals surface area contributed by atoms with Crippen molar-refractivity contribution in [3.8, 4) is 5.75 Å². The van der Waals surface area contributed by atoms with Crippen LogP contribution in [0.4, 0.5) is 0 Å². The van der Waals surface area contributed by atoms with Crippen molar-refractivity contribution in [1.29, 1.82) is 0 Å². The Morgan fingerprint density at radius 1 is 1.18 bits per heavy atom. The third-order valence-electron chi connectivity index (χ3n) is 7.00. The summed E-state index contributed by atoms with van der Waals surface area (Å²) in [6.07, 6.45) is 11.9. The first kappa shape index (κ1) is 17.5. The number of rotatable bonds is 6. The molecule has 1 amide bonds. The van der Waals surface area contributed by atoms with Gasteiger partial charge in [-0.25, -0.2) is 0 Å². The van der Waals surface area contributed by atoms with Crippen molar-refractivity contribution < 1.29 is 9.53 Å². The molecule has 1 aromatic heterocycles.